The Labute approximate surface area is 470 Å². The van der Waals surface area contributed by atoms with Gasteiger partial charge in [0.05, 0.1) is 0 Å². The Bertz CT molecular complexity index is 1540. The minimum atomic E-state index is -0.783. The van der Waals surface area contributed by atoms with Crippen molar-refractivity contribution in [2.75, 3.05) is 13.2 Å². The van der Waals surface area contributed by atoms with Crippen LogP contribution in [0.1, 0.15) is 297 Å². The highest BCUT2D eigenvalue weighted by Gasteiger charge is 2.19. The van der Waals surface area contributed by atoms with E-state index >= 15 is 0 Å². The standard InChI is InChI=1S/C70H118O6/c1-4-7-10-13-16-19-21-23-25-26-27-28-29-30-31-32-33-34-35-36-37-38-39-40-41-42-43-44-45-47-48-51-54-57-60-63-69(72)75-66-67(65-74-68(71)62-59-56-53-50-18-15-12-9-6-3)76-70(73)64-61-58-55-52-49-46-24-22-20-17-14-11-8-5-2/h7,10,14,16-17,19,22-25,27-28,30-31,33-34,36-37,67H,4-6,8-9,11-13,15,18,20-21,26,29,32,35,38-66H2,1-3H3/b10-7-,17-14-,19-16-,24-22-,25-23-,28-27-,31-30-,34-33-,37-36-. The second kappa shape index (κ2) is 63.6. The number of carbonyl (C=O) groups excluding carboxylic acids is 3. The molecule has 0 spiro atoms. The molecule has 0 aromatic rings. The van der Waals surface area contributed by atoms with Gasteiger partial charge in [-0.15, -0.1) is 0 Å². The molecule has 1 unspecified atom stereocenters. The number of unbranched alkanes of at least 4 members (excludes halogenated alkanes) is 28. The molecule has 0 bridgehead atoms. The maximum absolute atomic E-state index is 12.8. The Balaban J connectivity index is 4.09. The molecule has 0 amide bonds. The Morgan fingerprint density at radius 2 is 0.526 bits per heavy atom. The van der Waals surface area contributed by atoms with Gasteiger partial charge in [0.2, 0.25) is 0 Å². The van der Waals surface area contributed by atoms with E-state index in [-0.39, 0.29) is 31.1 Å². The molecule has 76 heavy (non-hydrogen) atoms. The number of hydrogen-bond acceptors (Lipinski definition) is 6. The van der Waals surface area contributed by atoms with E-state index in [2.05, 4.69) is 130 Å². The molecule has 1 atom stereocenters. The first kappa shape index (κ1) is 72.1. The third-order valence-corrected chi connectivity index (χ3v) is 13.5. The number of allylic oxidation sites excluding steroid dienone is 18. The van der Waals surface area contributed by atoms with Crippen molar-refractivity contribution in [2.45, 2.75) is 303 Å². The van der Waals surface area contributed by atoms with E-state index in [0.29, 0.717) is 19.3 Å². The highest BCUT2D eigenvalue weighted by molar-refractivity contribution is 5.71. The van der Waals surface area contributed by atoms with Gasteiger partial charge < -0.3 is 14.2 Å². The molecule has 434 valence electrons. The summed E-state index contributed by atoms with van der Waals surface area (Å²) in [5.74, 6) is -0.893. The molecule has 0 aliphatic carbocycles. The lowest BCUT2D eigenvalue weighted by Crippen LogP contribution is -2.30. The number of ether oxygens (including phenoxy) is 3. The van der Waals surface area contributed by atoms with Crippen LogP contribution in [0.3, 0.4) is 0 Å². The van der Waals surface area contributed by atoms with Crippen LogP contribution in [-0.2, 0) is 28.6 Å². The van der Waals surface area contributed by atoms with E-state index in [0.717, 1.165) is 128 Å². The molecule has 6 heteroatoms. The largest absolute Gasteiger partial charge is 0.462 e. The average Bonchev–Trinajstić information content (AvgIpc) is 3.42. The summed E-state index contributed by atoms with van der Waals surface area (Å²) >= 11 is 0. The molecule has 0 radical (unpaired) electrons. The quantitative estimate of drug-likeness (QED) is 0.0261. The smallest absolute Gasteiger partial charge is 0.306 e. The molecule has 0 N–H and O–H groups in total. The van der Waals surface area contributed by atoms with Crippen LogP contribution in [0.4, 0.5) is 0 Å². The third-order valence-electron chi connectivity index (χ3n) is 13.5. The van der Waals surface area contributed by atoms with Gasteiger partial charge in [0.1, 0.15) is 13.2 Å². The second-order valence-electron chi connectivity index (χ2n) is 20.9. The van der Waals surface area contributed by atoms with Gasteiger partial charge in [0.15, 0.2) is 6.10 Å². The highest BCUT2D eigenvalue weighted by atomic mass is 16.6. The van der Waals surface area contributed by atoms with Gasteiger partial charge >= 0.3 is 17.9 Å². The van der Waals surface area contributed by atoms with Crippen molar-refractivity contribution in [3.8, 4) is 0 Å². The lowest BCUT2D eigenvalue weighted by molar-refractivity contribution is -0.167. The van der Waals surface area contributed by atoms with Gasteiger partial charge in [-0.1, -0.05) is 284 Å². The van der Waals surface area contributed by atoms with Crippen molar-refractivity contribution in [3.05, 3.63) is 109 Å². The Kier molecular flexibility index (Phi) is 60.3. The molecule has 0 aromatic heterocycles. The maximum atomic E-state index is 12.8. The zero-order valence-corrected chi connectivity index (χ0v) is 49.7. The number of esters is 3. The fourth-order valence-electron chi connectivity index (χ4n) is 8.73. The van der Waals surface area contributed by atoms with Crippen molar-refractivity contribution in [3.63, 3.8) is 0 Å². The summed E-state index contributed by atoms with van der Waals surface area (Å²) < 4.78 is 16.8. The highest BCUT2D eigenvalue weighted by Crippen LogP contribution is 2.16. The van der Waals surface area contributed by atoms with Gasteiger partial charge in [-0.2, -0.15) is 0 Å². The van der Waals surface area contributed by atoms with Crippen LogP contribution in [0.5, 0.6) is 0 Å². The molecule has 0 aliphatic rings. The maximum Gasteiger partial charge on any atom is 0.306 e. The van der Waals surface area contributed by atoms with Crippen molar-refractivity contribution >= 4 is 17.9 Å². The van der Waals surface area contributed by atoms with E-state index in [4.69, 9.17) is 14.2 Å². The van der Waals surface area contributed by atoms with Gasteiger partial charge in [-0.25, -0.2) is 0 Å². The number of hydrogen-bond donors (Lipinski definition) is 0. The summed E-state index contributed by atoms with van der Waals surface area (Å²) in [6, 6.07) is 0. The topological polar surface area (TPSA) is 78.9 Å². The van der Waals surface area contributed by atoms with Gasteiger partial charge in [-0.05, 0) is 103 Å². The van der Waals surface area contributed by atoms with Gasteiger partial charge in [0, 0.05) is 19.3 Å². The predicted octanol–water partition coefficient (Wildman–Crippen LogP) is 21.8. The van der Waals surface area contributed by atoms with Crippen LogP contribution in [-0.4, -0.2) is 37.2 Å². The Morgan fingerprint density at radius 3 is 0.842 bits per heavy atom. The van der Waals surface area contributed by atoms with Gasteiger partial charge in [-0.3, -0.25) is 14.4 Å². The van der Waals surface area contributed by atoms with Crippen LogP contribution >= 0.6 is 0 Å². The van der Waals surface area contributed by atoms with E-state index < -0.39 is 6.10 Å². The molecule has 6 nitrogen and oxygen atoms in total. The lowest BCUT2D eigenvalue weighted by Gasteiger charge is -2.18. The molecule has 0 aliphatic heterocycles. The normalized spacial score (nSPS) is 12.8. The number of rotatable bonds is 57. The molecular weight excluding hydrogens is 937 g/mol. The molecule has 0 saturated carbocycles. The van der Waals surface area contributed by atoms with Crippen molar-refractivity contribution in [1.82, 2.24) is 0 Å². The zero-order valence-electron chi connectivity index (χ0n) is 49.7. The summed E-state index contributed by atoms with van der Waals surface area (Å²) in [5, 5.41) is 0. The number of carbonyl (C=O) groups is 3. The minimum absolute atomic E-state index is 0.0809. The van der Waals surface area contributed by atoms with E-state index in [1.54, 1.807) is 0 Å². The predicted molar refractivity (Wildman–Crippen MR) is 330 cm³/mol. The minimum Gasteiger partial charge on any atom is -0.462 e. The molecule has 0 rings (SSSR count). The summed E-state index contributed by atoms with van der Waals surface area (Å²) in [6.07, 6.45) is 86.9. The van der Waals surface area contributed by atoms with Crippen LogP contribution < -0.4 is 0 Å². The Hall–Kier alpha value is -3.93. The van der Waals surface area contributed by atoms with Crippen molar-refractivity contribution in [1.29, 1.82) is 0 Å². The monoisotopic (exact) mass is 1050 g/mol. The van der Waals surface area contributed by atoms with Crippen molar-refractivity contribution in [2.24, 2.45) is 0 Å². The molecule has 0 saturated heterocycles. The van der Waals surface area contributed by atoms with E-state index in [1.807, 2.05) is 0 Å². The first-order valence-electron chi connectivity index (χ1n) is 31.9. The first-order chi connectivity index (χ1) is 37.5. The average molecular weight is 1060 g/mol. The lowest BCUT2D eigenvalue weighted by atomic mass is 10.0. The van der Waals surface area contributed by atoms with Gasteiger partial charge in [0.25, 0.3) is 0 Å². The molecule has 0 fully saturated rings. The second-order valence-corrected chi connectivity index (χ2v) is 20.9. The van der Waals surface area contributed by atoms with Crippen molar-refractivity contribution < 1.29 is 28.6 Å². The Morgan fingerprint density at radius 1 is 0.276 bits per heavy atom. The van der Waals surface area contributed by atoms with Crippen LogP contribution in [0.25, 0.3) is 0 Å². The fraction of sp³-hybridized carbons (Fsp3) is 0.700. The summed E-state index contributed by atoms with van der Waals surface area (Å²) in [6.45, 7) is 6.46. The van der Waals surface area contributed by atoms with Crippen LogP contribution in [0.2, 0.25) is 0 Å². The fourth-order valence-corrected chi connectivity index (χ4v) is 8.73. The van der Waals surface area contributed by atoms with Crippen LogP contribution in [0, 0.1) is 0 Å². The summed E-state index contributed by atoms with van der Waals surface area (Å²) in [4.78, 5) is 38.1. The summed E-state index contributed by atoms with van der Waals surface area (Å²) in [7, 11) is 0. The molecular formula is C70H118O6. The first-order valence-corrected chi connectivity index (χ1v) is 31.9. The molecule has 0 heterocycles. The SMILES string of the molecule is CC/C=C\C/C=C\C/C=C\C/C=C\C/C=C\C/C=C\C/C=C\CCCCCCCCCCCCCCCC(=O)OCC(COC(=O)CCCCCCCCCCC)OC(=O)CCCCCCC/C=C\C/C=C\CCCC. The van der Waals surface area contributed by atoms with E-state index in [1.165, 1.54) is 128 Å². The zero-order chi connectivity index (χ0) is 55.0. The van der Waals surface area contributed by atoms with Crippen LogP contribution in [0.15, 0.2) is 109 Å². The third kappa shape index (κ3) is 60.9. The van der Waals surface area contributed by atoms with E-state index in [9.17, 15) is 14.4 Å². The molecule has 0 aromatic carbocycles. The summed E-state index contributed by atoms with van der Waals surface area (Å²) in [5.41, 5.74) is 0.